The summed E-state index contributed by atoms with van der Waals surface area (Å²) in [4.78, 5) is 38.6. The third-order valence-corrected chi connectivity index (χ3v) is 4.38. The zero-order chi connectivity index (χ0) is 21.5. The lowest BCUT2D eigenvalue weighted by molar-refractivity contribution is -0.134. The van der Waals surface area contributed by atoms with Crippen molar-refractivity contribution in [3.05, 3.63) is 63.2 Å². The molecule has 152 valence electrons. The highest BCUT2D eigenvalue weighted by atomic mass is 35.5. The van der Waals surface area contributed by atoms with Gasteiger partial charge < -0.3 is 4.74 Å². The van der Waals surface area contributed by atoms with Gasteiger partial charge >= 0.3 is 6.18 Å². The molecule has 0 spiro atoms. The number of anilines is 1. The normalized spacial score (nSPS) is 17.4. The highest BCUT2D eigenvalue weighted by Crippen LogP contribution is 2.39. The van der Waals surface area contributed by atoms with Gasteiger partial charge in [0.15, 0.2) is 5.88 Å². The van der Waals surface area contributed by atoms with E-state index in [1.54, 1.807) is 0 Å². The van der Waals surface area contributed by atoms with Crippen LogP contribution in [0, 0.1) is 11.7 Å². The molecule has 2 amide bonds. The van der Waals surface area contributed by atoms with E-state index in [0.717, 1.165) is 19.1 Å². The first-order valence-electron chi connectivity index (χ1n) is 8.02. The molecule has 0 saturated heterocycles. The molecule has 1 unspecified atom stereocenters. The second-order valence-electron chi connectivity index (χ2n) is 6.05. The van der Waals surface area contributed by atoms with Crippen molar-refractivity contribution < 1.29 is 31.9 Å². The van der Waals surface area contributed by atoms with Crippen LogP contribution in [0.15, 0.2) is 46.8 Å². The lowest BCUT2D eigenvalue weighted by Crippen LogP contribution is -2.46. The number of nitrogens with zero attached hydrogens (tertiary/aromatic N) is 1. The Bertz CT molecular complexity index is 1090. The number of carbonyl (C=O) groups excluding carboxylic acids is 2. The van der Waals surface area contributed by atoms with E-state index in [9.17, 15) is 31.9 Å². The zero-order valence-corrected chi connectivity index (χ0v) is 15.3. The summed E-state index contributed by atoms with van der Waals surface area (Å²) in [6.45, 7) is 0.959. The van der Waals surface area contributed by atoms with E-state index in [1.165, 1.54) is 18.2 Å². The quantitative estimate of drug-likeness (QED) is 0.590. The molecule has 2 heterocycles. The number of amides is 2. The monoisotopic (exact) mass is 430 g/mol. The van der Waals surface area contributed by atoms with Gasteiger partial charge in [-0.3, -0.25) is 19.4 Å². The SMILES string of the molecule is CC1C(=O)N(c2cc(Oc3cccc(=O)[nH]3)c(Cl)cc2F)C(=O)C=C1C(F)(F)F. The summed E-state index contributed by atoms with van der Waals surface area (Å²) < 4.78 is 58.8. The second kappa shape index (κ2) is 7.36. The summed E-state index contributed by atoms with van der Waals surface area (Å²) in [5.74, 6) is -5.77. The van der Waals surface area contributed by atoms with E-state index in [-0.39, 0.29) is 27.6 Å². The van der Waals surface area contributed by atoms with Crippen molar-refractivity contribution in [3.8, 4) is 11.6 Å². The van der Waals surface area contributed by atoms with E-state index < -0.39 is 46.5 Å². The average Bonchev–Trinajstić information content (AvgIpc) is 2.61. The van der Waals surface area contributed by atoms with Gasteiger partial charge in [0.2, 0.25) is 5.91 Å². The predicted octanol–water partition coefficient (Wildman–Crippen LogP) is 3.96. The Kier molecular flexibility index (Phi) is 5.22. The Morgan fingerprint density at radius 1 is 1.17 bits per heavy atom. The summed E-state index contributed by atoms with van der Waals surface area (Å²) in [5.41, 5.74) is -2.46. The largest absolute Gasteiger partial charge is 0.439 e. The summed E-state index contributed by atoms with van der Waals surface area (Å²) in [5, 5.41) is -0.257. The molecule has 1 aromatic heterocycles. The van der Waals surface area contributed by atoms with Crippen LogP contribution in [0.2, 0.25) is 5.02 Å². The van der Waals surface area contributed by atoms with Crippen LogP contribution in [-0.4, -0.2) is 23.0 Å². The number of aromatic amines is 1. The lowest BCUT2D eigenvalue weighted by atomic mass is 9.94. The van der Waals surface area contributed by atoms with Crippen molar-refractivity contribution >= 4 is 29.1 Å². The van der Waals surface area contributed by atoms with Crippen molar-refractivity contribution in [2.75, 3.05) is 4.90 Å². The first-order valence-corrected chi connectivity index (χ1v) is 8.40. The van der Waals surface area contributed by atoms with Gasteiger partial charge in [0.1, 0.15) is 11.6 Å². The van der Waals surface area contributed by atoms with Crippen molar-refractivity contribution in [1.82, 2.24) is 4.98 Å². The van der Waals surface area contributed by atoms with Gasteiger partial charge in [-0.2, -0.15) is 13.2 Å². The van der Waals surface area contributed by atoms with Gasteiger partial charge in [0, 0.05) is 18.2 Å². The number of pyridine rings is 1. The average molecular weight is 431 g/mol. The number of rotatable bonds is 3. The zero-order valence-electron chi connectivity index (χ0n) is 14.5. The molecular weight excluding hydrogens is 420 g/mol. The molecule has 0 fully saturated rings. The van der Waals surface area contributed by atoms with E-state index in [2.05, 4.69) is 4.98 Å². The molecule has 6 nitrogen and oxygen atoms in total. The topological polar surface area (TPSA) is 79.5 Å². The van der Waals surface area contributed by atoms with Crippen molar-refractivity contribution in [3.63, 3.8) is 0 Å². The molecule has 1 aromatic carbocycles. The standard InChI is InChI=1S/C18H11ClF4N2O4/c1-8-9(18(21,22)23)5-16(27)25(17(8)28)12-7-13(10(19)6-11(12)20)29-15-4-2-3-14(26)24-15/h2-8H,1H3,(H,24,26). The predicted molar refractivity (Wildman–Crippen MR) is 94.3 cm³/mol. The molecule has 2 aromatic rings. The number of carbonyl (C=O) groups is 2. The van der Waals surface area contributed by atoms with Crippen LogP contribution >= 0.6 is 11.6 Å². The molecule has 0 saturated carbocycles. The Hall–Kier alpha value is -3.14. The van der Waals surface area contributed by atoms with Gasteiger partial charge in [-0.25, -0.2) is 9.29 Å². The summed E-state index contributed by atoms with van der Waals surface area (Å²) in [7, 11) is 0. The fraction of sp³-hybridized carbons (Fsp3) is 0.167. The van der Waals surface area contributed by atoms with Crippen LogP contribution in [0.5, 0.6) is 11.6 Å². The molecular formula is C18H11ClF4N2O4. The van der Waals surface area contributed by atoms with Crippen LogP contribution in [-0.2, 0) is 9.59 Å². The van der Waals surface area contributed by atoms with Gasteiger partial charge in [0.05, 0.1) is 22.2 Å². The van der Waals surface area contributed by atoms with Gasteiger partial charge in [-0.15, -0.1) is 0 Å². The number of hydrogen-bond acceptors (Lipinski definition) is 4. The first kappa shape index (κ1) is 20.6. The van der Waals surface area contributed by atoms with Crippen LogP contribution in [0.4, 0.5) is 23.2 Å². The molecule has 1 aliphatic heterocycles. The summed E-state index contributed by atoms with van der Waals surface area (Å²) in [6, 6.07) is 5.56. The van der Waals surface area contributed by atoms with E-state index in [4.69, 9.17) is 16.3 Å². The van der Waals surface area contributed by atoms with E-state index in [1.807, 2.05) is 0 Å². The number of aromatic nitrogens is 1. The molecule has 1 N–H and O–H groups in total. The molecule has 0 bridgehead atoms. The summed E-state index contributed by atoms with van der Waals surface area (Å²) in [6.07, 6.45) is -4.64. The Morgan fingerprint density at radius 3 is 2.48 bits per heavy atom. The molecule has 1 atom stereocenters. The maximum absolute atomic E-state index is 14.4. The minimum Gasteiger partial charge on any atom is -0.439 e. The Balaban J connectivity index is 2.05. The van der Waals surface area contributed by atoms with E-state index in [0.29, 0.717) is 0 Å². The molecule has 3 rings (SSSR count). The number of ether oxygens (including phenoxy) is 1. The fourth-order valence-corrected chi connectivity index (χ4v) is 2.89. The van der Waals surface area contributed by atoms with Gasteiger partial charge in [0.25, 0.3) is 11.5 Å². The highest BCUT2D eigenvalue weighted by molar-refractivity contribution is 6.32. The molecule has 1 aliphatic rings. The molecule has 0 aliphatic carbocycles. The van der Waals surface area contributed by atoms with Gasteiger partial charge in [-0.05, 0) is 19.1 Å². The number of H-pyrrole nitrogens is 1. The molecule has 0 radical (unpaired) electrons. The lowest BCUT2D eigenvalue weighted by Gasteiger charge is -2.30. The number of alkyl halides is 3. The van der Waals surface area contributed by atoms with Crippen LogP contribution in [0.25, 0.3) is 0 Å². The summed E-state index contributed by atoms with van der Waals surface area (Å²) >= 11 is 5.91. The smallest absolute Gasteiger partial charge is 0.413 e. The third-order valence-electron chi connectivity index (χ3n) is 4.09. The van der Waals surface area contributed by atoms with Gasteiger partial charge in [-0.1, -0.05) is 17.7 Å². The highest BCUT2D eigenvalue weighted by Gasteiger charge is 2.46. The van der Waals surface area contributed by atoms with Crippen molar-refractivity contribution in [2.24, 2.45) is 5.92 Å². The van der Waals surface area contributed by atoms with Crippen molar-refractivity contribution in [1.29, 1.82) is 0 Å². The van der Waals surface area contributed by atoms with Crippen LogP contribution in [0.1, 0.15) is 6.92 Å². The van der Waals surface area contributed by atoms with Crippen LogP contribution in [0.3, 0.4) is 0 Å². The minimum atomic E-state index is -4.89. The second-order valence-corrected chi connectivity index (χ2v) is 6.45. The maximum Gasteiger partial charge on any atom is 0.413 e. The van der Waals surface area contributed by atoms with Crippen molar-refractivity contribution in [2.45, 2.75) is 13.1 Å². The number of imide groups is 1. The Labute approximate surface area is 165 Å². The maximum atomic E-state index is 14.4. The Morgan fingerprint density at radius 2 is 1.86 bits per heavy atom. The molecule has 29 heavy (non-hydrogen) atoms. The first-order chi connectivity index (χ1) is 13.5. The van der Waals surface area contributed by atoms with E-state index >= 15 is 0 Å². The number of nitrogens with one attached hydrogen (secondary N) is 1. The van der Waals surface area contributed by atoms with Crippen LogP contribution < -0.4 is 15.2 Å². The molecule has 11 heteroatoms. The third kappa shape index (κ3) is 4.02. The fourth-order valence-electron chi connectivity index (χ4n) is 2.70. The number of halogens is 5. The number of benzene rings is 1. The number of hydrogen-bond donors (Lipinski definition) is 1. The minimum absolute atomic E-state index is 0.0686.